The van der Waals surface area contributed by atoms with E-state index in [1.807, 2.05) is 0 Å². The number of hydrogen-bond donors (Lipinski definition) is 4. The van der Waals surface area contributed by atoms with Crippen LogP contribution >= 0.6 is 0 Å². The van der Waals surface area contributed by atoms with Crippen molar-refractivity contribution in [2.75, 3.05) is 26.4 Å². The molecule has 0 aliphatic carbocycles. The van der Waals surface area contributed by atoms with E-state index >= 15 is 0 Å². The van der Waals surface area contributed by atoms with Crippen LogP contribution in [0.1, 0.15) is 213 Å². The topological polar surface area (TPSA) is 135 Å². The highest BCUT2D eigenvalue weighted by atomic mass is 16.7. The van der Waals surface area contributed by atoms with Crippen LogP contribution in [-0.2, 0) is 23.7 Å². The standard InChI is InChI=1S/C52H94O9/c1-3-5-7-9-11-13-15-17-19-21-22-23-24-25-27-29-31-33-35-37-39-41-48(54)60-46(45-59-52-51(57)50(56)49(55)47(43-53)61-52)44-58-42-40-38-36-34-32-30-28-26-20-18-16-14-12-10-8-6-4-2/h15,17,20-22,24-26,46-47,49-53,55-57H,3-14,16,18-19,23,27-45H2,1-2H3/b17-15-,22-21-,25-24-,26-20-. The molecular formula is C52H94O9. The van der Waals surface area contributed by atoms with Gasteiger partial charge in [0.1, 0.15) is 30.5 Å². The highest BCUT2D eigenvalue weighted by Gasteiger charge is 2.44. The van der Waals surface area contributed by atoms with Crippen LogP contribution in [-0.4, -0.2) is 89.6 Å². The predicted octanol–water partition coefficient (Wildman–Crippen LogP) is 12.1. The fourth-order valence-electron chi connectivity index (χ4n) is 7.49. The molecule has 1 rings (SSSR count). The summed E-state index contributed by atoms with van der Waals surface area (Å²) in [4.78, 5) is 12.8. The number of aliphatic hydroxyl groups excluding tert-OH is 4. The molecule has 0 amide bonds. The molecule has 1 heterocycles. The van der Waals surface area contributed by atoms with Crippen LogP contribution in [0.4, 0.5) is 0 Å². The molecule has 1 aliphatic heterocycles. The van der Waals surface area contributed by atoms with E-state index in [1.54, 1.807) is 0 Å². The third-order valence-corrected chi connectivity index (χ3v) is 11.5. The summed E-state index contributed by atoms with van der Waals surface area (Å²) in [6.07, 6.45) is 47.1. The lowest BCUT2D eigenvalue weighted by atomic mass is 9.99. The van der Waals surface area contributed by atoms with E-state index in [0.717, 1.165) is 64.2 Å². The summed E-state index contributed by atoms with van der Waals surface area (Å²) in [6, 6.07) is 0. The van der Waals surface area contributed by atoms with Gasteiger partial charge in [0.05, 0.1) is 19.8 Å². The molecule has 9 heteroatoms. The van der Waals surface area contributed by atoms with E-state index in [9.17, 15) is 25.2 Å². The third kappa shape index (κ3) is 34.3. The maximum Gasteiger partial charge on any atom is 0.306 e. The van der Waals surface area contributed by atoms with Gasteiger partial charge >= 0.3 is 5.97 Å². The first kappa shape index (κ1) is 57.2. The van der Waals surface area contributed by atoms with Gasteiger partial charge in [0.25, 0.3) is 0 Å². The number of esters is 1. The summed E-state index contributed by atoms with van der Waals surface area (Å²) >= 11 is 0. The van der Waals surface area contributed by atoms with Crippen molar-refractivity contribution in [3.63, 3.8) is 0 Å². The van der Waals surface area contributed by atoms with Crippen LogP contribution in [0, 0.1) is 0 Å². The molecule has 0 radical (unpaired) electrons. The lowest BCUT2D eigenvalue weighted by Crippen LogP contribution is -2.59. The fraction of sp³-hybridized carbons (Fsp3) is 0.827. The van der Waals surface area contributed by atoms with Gasteiger partial charge in [-0.3, -0.25) is 4.79 Å². The first-order chi connectivity index (χ1) is 29.9. The lowest BCUT2D eigenvalue weighted by molar-refractivity contribution is -0.305. The van der Waals surface area contributed by atoms with Crippen LogP contribution < -0.4 is 0 Å². The van der Waals surface area contributed by atoms with Gasteiger partial charge < -0.3 is 39.4 Å². The molecule has 1 aliphatic rings. The summed E-state index contributed by atoms with van der Waals surface area (Å²) in [7, 11) is 0. The third-order valence-electron chi connectivity index (χ3n) is 11.5. The monoisotopic (exact) mass is 863 g/mol. The average molecular weight is 863 g/mol. The van der Waals surface area contributed by atoms with Crippen molar-refractivity contribution in [1.82, 2.24) is 0 Å². The zero-order valence-corrected chi connectivity index (χ0v) is 39.2. The Labute approximate surface area is 373 Å². The minimum atomic E-state index is -1.54. The van der Waals surface area contributed by atoms with Crippen molar-refractivity contribution in [1.29, 1.82) is 0 Å². The molecule has 0 aromatic carbocycles. The van der Waals surface area contributed by atoms with E-state index < -0.39 is 43.4 Å². The van der Waals surface area contributed by atoms with E-state index in [-0.39, 0.29) is 19.2 Å². The zero-order valence-electron chi connectivity index (χ0n) is 39.2. The van der Waals surface area contributed by atoms with Crippen LogP contribution in [0.5, 0.6) is 0 Å². The number of hydrogen-bond acceptors (Lipinski definition) is 9. The second-order valence-electron chi connectivity index (χ2n) is 17.3. The minimum absolute atomic E-state index is 0.122. The van der Waals surface area contributed by atoms with Crippen LogP contribution in [0.3, 0.4) is 0 Å². The van der Waals surface area contributed by atoms with E-state index in [0.29, 0.717) is 13.0 Å². The Bertz CT molecular complexity index is 1070. The van der Waals surface area contributed by atoms with Gasteiger partial charge in [0, 0.05) is 13.0 Å². The molecule has 1 saturated heterocycles. The first-order valence-corrected chi connectivity index (χ1v) is 25.2. The van der Waals surface area contributed by atoms with Crippen LogP contribution in [0.2, 0.25) is 0 Å². The Balaban J connectivity index is 2.24. The fourth-order valence-corrected chi connectivity index (χ4v) is 7.49. The quantitative estimate of drug-likeness (QED) is 0.0268. The van der Waals surface area contributed by atoms with Crippen LogP contribution in [0.25, 0.3) is 0 Å². The minimum Gasteiger partial charge on any atom is -0.457 e. The van der Waals surface area contributed by atoms with E-state index in [1.165, 1.54) is 128 Å². The lowest BCUT2D eigenvalue weighted by Gasteiger charge is -2.39. The van der Waals surface area contributed by atoms with Crippen molar-refractivity contribution in [2.24, 2.45) is 0 Å². The normalized spacial score (nSPS) is 20.3. The molecule has 0 saturated carbocycles. The highest BCUT2D eigenvalue weighted by Crippen LogP contribution is 2.23. The zero-order chi connectivity index (χ0) is 44.3. The number of carbonyl (C=O) groups is 1. The molecular weight excluding hydrogens is 769 g/mol. The number of aliphatic hydroxyl groups is 4. The van der Waals surface area contributed by atoms with Crippen molar-refractivity contribution in [2.45, 2.75) is 250 Å². The number of unbranched alkanes of at least 4 members (excludes halogenated alkanes) is 24. The van der Waals surface area contributed by atoms with Crippen molar-refractivity contribution in [3.8, 4) is 0 Å². The van der Waals surface area contributed by atoms with Gasteiger partial charge in [-0.2, -0.15) is 0 Å². The maximum absolute atomic E-state index is 12.8. The van der Waals surface area contributed by atoms with Gasteiger partial charge in [0.15, 0.2) is 6.29 Å². The Morgan fingerprint density at radius 3 is 1.44 bits per heavy atom. The molecule has 6 unspecified atom stereocenters. The van der Waals surface area contributed by atoms with Gasteiger partial charge in [-0.1, -0.05) is 178 Å². The van der Waals surface area contributed by atoms with Crippen LogP contribution in [0.15, 0.2) is 48.6 Å². The number of carbonyl (C=O) groups excluding carboxylic acids is 1. The molecule has 1 fully saturated rings. The summed E-state index contributed by atoms with van der Waals surface area (Å²) < 4.78 is 22.9. The van der Waals surface area contributed by atoms with Gasteiger partial charge in [0.2, 0.25) is 0 Å². The molecule has 9 nitrogen and oxygen atoms in total. The number of ether oxygens (including phenoxy) is 4. The second kappa shape index (κ2) is 43.4. The van der Waals surface area contributed by atoms with Crippen molar-refractivity contribution in [3.05, 3.63) is 48.6 Å². The summed E-state index contributed by atoms with van der Waals surface area (Å²) in [6.45, 7) is 4.53. The Hall–Kier alpha value is -1.85. The molecule has 356 valence electrons. The largest absolute Gasteiger partial charge is 0.457 e. The van der Waals surface area contributed by atoms with Gasteiger partial charge in [-0.15, -0.1) is 0 Å². The second-order valence-corrected chi connectivity index (χ2v) is 17.3. The predicted molar refractivity (Wildman–Crippen MR) is 251 cm³/mol. The molecule has 61 heavy (non-hydrogen) atoms. The molecule has 0 aromatic heterocycles. The SMILES string of the molecule is CCCCCCC/C=C\C/C=C\C/C=C\CCCCCCCCC(=O)OC(COCCCCCCCC/C=C\CCCCCCCCC)COC1OC(CO)C(O)C(O)C1O. The van der Waals surface area contributed by atoms with Crippen molar-refractivity contribution >= 4 is 5.97 Å². The van der Waals surface area contributed by atoms with Gasteiger partial charge in [-0.05, 0) is 77.0 Å². The first-order valence-electron chi connectivity index (χ1n) is 25.2. The summed E-state index contributed by atoms with van der Waals surface area (Å²) in [5.74, 6) is -0.327. The molecule has 0 bridgehead atoms. The number of rotatable bonds is 43. The Kier molecular flexibility index (Phi) is 40.7. The average Bonchev–Trinajstić information content (AvgIpc) is 3.26. The molecule has 4 N–H and O–H groups in total. The maximum atomic E-state index is 12.8. The molecule has 6 atom stereocenters. The Morgan fingerprint density at radius 2 is 0.951 bits per heavy atom. The summed E-state index contributed by atoms with van der Waals surface area (Å²) in [5, 5.41) is 40.2. The van der Waals surface area contributed by atoms with E-state index in [2.05, 4.69) is 62.5 Å². The van der Waals surface area contributed by atoms with Crippen molar-refractivity contribution < 1.29 is 44.2 Å². The molecule has 0 aromatic rings. The smallest absolute Gasteiger partial charge is 0.306 e. The summed E-state index contributed by atoms with van der Waals surface area (Å²) in [5.41, 5.74) is 0. The van der Waals surface area contributed by atoms with E-state index in [4.69, 9.17) is 18.9 Å². The number of allylic oxidation sites excluding steroid dienone is 8. The van der Waals surface area contributed by atoms with Gasteiger partial charge in [-0.25, -0.2) is 0 Å². The highest BCUT2D eigenvalue weighted by molar-refractivity contribution is 5.69. The molecule has 0 spiro atoms. The Morgan fingerprint density at radius 1 is 0.525 bits per heavy atom.